The van der Waals surface area contributed by atoms with Crippen LogP contribution in [0.1, 0.15) is 17.5 Å². The topological polar surface area (TPSA) is 49.8 Å². The summed E-state index contributed by atoms with van der Waals surface area (Å²) in [5.74, 6) is 1.36. The van der Waals surface area contributed by atoms with Gasteiger partial charge in [-0.25, -0.2) is 4.98 Å². The third-order valence-corrected chi connectivity index (χ3v) is 4.36. The molecule has 0 saturated carbocycles. The molecule has 0 spiro atoms. The summed E-state index contributed by atoms with van der Waals surface area (Å²) in [7, 11) is 0. The average molecular weight is 353 g/mol. The Morgan fingerprint density at radius 2 is 1.84 bits per heavy atom. The fraction of sp³-hybridized carbons (Fsp3) is 0.200. The minimum atomic E-state index is 0.623. The van der Waals surface area contributed by atoms with Gasteiger partial charge in [0.1, 0.15) is 5.82 Å². The Balaban J connectivity index is 1.55. The van der Waals surface area contributed by atoms with Crippen LogP contribution in [0.4, 0.5) is 17.5 Å². The van der Waals surface area contributed by atoms with E-state index in [1.165, 1.54) is 5.56 Å². The van der Waals surface area contributed by atoms with Crippen LogP contribution in [-0.2, 0) is 6.42 Å². The molecule has 0 fully saturated rings. The third-order valence-electron chi connectivity index (χ3n) is 3.95. The van der Waals surface area contributed by atoms with E-state index in [9.17, 15) is 0 Å². The first-order chi connectivity index (χ1) is 12.2. The van der Waals surface area contributed by atoms with E-state index in [1.54, 1.807) is 6.20 Å². The van der Waals surface area contributed by atoms with Crippen LogP contribution >= 0.6 is 11.6 Å². The highest BCUT2D eigenvalue weighted by atomic mass is 35.5. The van der Waals surface area contributed by atoms with Crippen molar-refractivity contribution in [2.45, 2.75) is 19.8 Å². The van der Waals surface area contributed by atoms with Gasteiger partial charge < -0.3 is 10.6 Å². The molecule has 4 nitrogen and oxygen atoms in total. The third kappa shape index (κ3) is 4.94. The number of halogens is 1. The van der Waals surface area contributed by atoms with Gasteiger partial charge in [0, 0.05) is 23.5 Å². The van der Waals surface area contributed by atoms with Crippen LogP contribution in [0.3, 0.4) is 0 Å². The summed E-state index contributed by atoms with van der Waals surface area (Å²) in [6.45, 7) is 2.81. The molecule has 1 heterocycles. The Morgan fingerprint density at radius 1 is 1.00 bits per heavy atom. The van der Waals surface area contributed by atoms with Gasteiger partial charge in [0.15, 0.2) is 0 Å². The molecule has 0 unspecified atom stereocenters. The van der Waals surface area contributed by atoms with Gasteiger partial charge in [-0.1, -0.05) is 48.0 Å². The van der Waals surface area contributed by atoms with Crippen molar-refractivity contribution < 1.29 is 0 Å². The molecule has 0 amide bonds. The molecule has 0 saturated heterocycles. The van der Waals surface area contributed by atoms with Crippen molar-refractivity contribution in [3.63, 3.8) is 0 Å². The zero-order valence-corrected chi connectivity index (χ0v) is 14.9. The van der Waals surface area contributed by atoms with E-state index < -0.39 is 0 Å². The number of nitrogens with one attached hydrogen (secondary N) is 2. The zero-order valence-electron chi connectivity index (χ0n) is 14.2. The van der Waals surface area contributed by atoms with Crippen LogP contribution < -0.4 is 10.6 Å². The first kappa shape index (κ1) is 17.2. The summed E-state index contributed by atoms with van der Waals surface area (Å²) in [6.07, 6.45) is 3.81. The maximum absolute atomic E-state index is 6.16. The predicted molar refractivity (Wildman–Crippen MR) is 105 cm³/mol. The summed E-state index contributed by atoms with van der Waals surface area (Å²) in [4.78, 5) is 8.78. The number of hydrogen-bond donors (Lipinski definition) is 2. The Bertz CT molecular complexity index is 821. The van der Waals surface area contributed by atoms with Crippen LogP contribution in [0.15, 0.2) is 60.8 Å². The van der Waals surface area contributed by atoms with Crippen molar-refractivity contribution in [2.75, 3.05) is 17.2 Å². The predicted octanol–water partition coefficient (Wildman–Crippen LogP) is 5.23. The molecule has 5 heteroatoms. The van der Waals surface area contributed by atoms with Crippen molar-refractivity contribution in [3.05, 3.63) is 76.9 Å². The quantitative estimate of drug-likeness (QED) is 0.572. The fourth-order valence-corrected chi connectivity index (χ4v) is 2.71. The maximum Gasteiger partial charge on any atom is 0.224 e. The summed E-state index contributed by atoms with van der Waals surface area (Å²) in [6, 6.07) is 18.1. The second-order valence-electron chi connectivity index (χ2n) is 5.82. The smallest absolute Gasteiger partial charge is 0.224 e. The highest BCUT2D eigenvalue weighted by molar-refractivity contribution is 6.31. The number of rotatable bonds is 7. The molecule has 3 aromatic rings. The van der Waals surface area contributed by atoms with Crippen molar-refractivity contribution in [2.24, 2.45) is 0 Å². The summed E-state index contributed by atoms with van der Waals surface area (Å²) >= 11 is 6.16. The van der Waals surface area contributed by atoms with Gasteiger partial charge in [0.25, 0.3) is 0 Å². The first-order valence-electron chi connectivity index (χ1n) is 8.35. The molecule has 1 aromatic heterocycles. The molecule has 2 aromatic carbocycles. The molecule has 0 atom stereocenters. The highest BCUT2D eigenvalue weighted by Crippen LogP contribution is 2.25. The number of aryl methyl sites for hydroxylation is 1. The number of nitrogens with zero attached hydrogens (tertiary/aromatic N) is 2. The lowest BCUT2D eigenvalue weighted by Gasteiger charge is -2.11. The minimum absolute atomic E-state index is 0.623. The summed E-state index contributed by atoms with van der Waals surface area (Å²) < 4.78 is 0. The summed E-state index contributed by atoms with van der Waals surface area (Å²) in [5.41, 5.74) is 3.29. The number of anilines is 3. The lowest BCUT2D eigenvalue weighted by Crippen LogP contribution is -2.07. The standard InChI is InChI=1S/C20H21ClN4/c1-15-17(21)10-5-11-18(15)24-19-12-14-23-20(25-19)22-13-6-9-16-7-3-2-4-8-16/h2-5,7-8,10-12,14H,6,9,13H2,1H3,(H2,22,23,24,25). The molecule has 0 radical (unpaired) electrons. The molecule has 25 heavy (non-hydrogen) atoms. The second kappa shape index (κ2) is 8.49. The molecular weight excluding hydrogens is 332 g/mol. The maximum atomic E-state index is 6.16. The Morgan fingerprint density at radius 3 is 2.68 bits per heavy atom. The Labute approximate surface area is 153 Å². The monoisotopic (exact) mass is 352 g/mol. The molecule has 0 aliphatic rings. The zero-order chi connectivity index (χ0) is 17.5. The average Bonchev–Trinajstić information content (AvgIpc) is 2.64. The SMILES string of the molecule is Cc1c(Cl)cccc1Nc1ccnc(NCCCc2ccccc2)n1. The normalized spacial score (nSPS) is 10.5. The van der Waals surface area contributed by atoms with Crippen LogP contribution in [0.25, 0.3) is 0 Å². The van der Waals surface area contributed by atoms with Crippen molar-refractivity contribution in [1.29, 1.82) is 0 Å². The lowest BCUT2D eigenvalue weighted by atomic mass is 10.1. The molecular formula is C20H21ClN4. The van der Waals surface area contributed by atoms with Gasteiger partial charge in [0.2, 0.25) is 5.95 Å². The van der Waals surface area contributed by atoms with E-state index in [2.05, 4.69) is 44.9 Å². The van der Waals surface area contributed by atoms with E-state index in [-0.39, 0.29) is 0 Å². The Kier molecular flexibility index (Phi) is 5.86. The molecule has 3 rings (SSSR count). The van der Waals surface area contributed by atoms with E-state index in [4.69, 9.17) is 11.6 Å². The van der Waals surface area contributed by atoms with Crippen LogP contribution in [0.2, 0.25) is 5.02 Å². The van der Waals surface area contributed by atoms with Gasteiger partial charge in [-0.3, -0.25) is 0 Å². The van der Waals surface area contributed by atoms with E-state index in [0.29, 0.717) is 5.95 Å². The van der Waals surface area contributed by atoms with Gasteiger partial charge in [-0.05, 0) is 49.1 Å². The summed E-state index contributed by atoms with van der Waals surface area (Å²) in [5, 5.41) is 7.31. The minimum Gasteiger partial charge on any atom is -0.354 e. The largest absolute Gasteiger partial charge is 0.354 e. The van der Waals surface area contributed by atoms with Crippen LogP contribution in [0.5, 0.6) is 0 Å². The van der Waals surface area contributed by atoms with Gasteiger partial charge in [0.05, 0.1) is 0 Å². The van der Waals surface area contributed by atoms with E-state index in [0.717, 1.165) is 41.5 Å². The first-order valence-corrected chi connectivity index (χ1v) is 8.73. The fourth-order valence-electron chi connectivity index (χ4n) is 2.53. The Hall–Kier alpha value is -2.59. The van der Waals surface area contributed by atoms with Gasteiger partial charge in [-0.2, -0.15) is 4.98 Å². The molecule has 0 aliphatic carbocycles. The molecule has 0 aliphatic heterocycles. The number of aromatic nitrogens is 2. The van der Waals surface area contributed by atoms with Crippen molar-refractivity contribution in [3.8, 4) is 0 Å². The number of hydrogen-bond acceptors (Lipinski definition) is 4. The lowest BCUT2D eigenvalue weighted by molar-refractivity contribution is 0.853. The number of benzene rings is 2. The second-order valence-corrected chi connectivity index (χ2v) is 6.23. The van der Waals surface area contributed by atoms with E-state index >= 15 is 0 Å². The molecule has 128 valence electrons. The van der Waals surface area contributed by atoms with Crippen LogP contribution in [0, 0.1) is 6.92 Å². The molecule has 0 bridgehead atoms. The van der Waals surface area contributed by atoms with Crippen molar-refractivity contribution >= 4 is 29.1 Å². The van der Waals surface area contributed by atoms with E-state index in [1.807, 2.05) is 37.3 Å². The van der Waals surface area contributed by atoms with Crippen molar-refractivity contribution in [1.82, 2.24) is 9.97 Å². The molecule has 2 N–H and O–H groups in total. The van der Waals surface area contributed by atoms with Gasteiger partial charge in [-0.15, -0.1) is 0 Å². The van der Waals surface area contributed by atoms with Crippen LogP contribution in [-0.4, -0.2) is 16.5 Å². The highest BCUT2D eigenvalue weighted by Gasteiger charge is 2.04. The van der Waals surface area contributed by atoms with Gasteiger partial charge >= 0.3 is 0 Å².